The molecule has 4 heterocycles. The fourth-order valence-electron chi connectivity index (χ4n) is 3.41. The number of hydrogen-bond acceptors (Lipinski definition) is 5. The van der Waals surface area contributed by atoms with Crippen molar-refractivity contribution in [2.75, 3.05) is 26.2 Å². The molecule has 0 radical (unpaired) electrons. The molecule has 0 aliphatic carbocycles. The van der Waals surface area contributed by atoms with Crippen LogP contribution in [0.25, 0.3) is 5.78 Å². The Morgan fingerprint density at radius 3 is 2.73 bits per heavy atom. The molecule has 0 aromatic carbocycles. The van der Waals surface area contributed by atoms with Crippen molar-refractivity contribution in [2.45, 2.75) is 12.8 Å². The summed E-state index contributed by atoms with van der Waals surface area (Å²) in [7, 11) is 0. The van der Waals surface area contributed by atoms with Crippen LogP contribution in [0.15, 0.2) is 16.9 Å². The maximum atomic E-state index is 12.7. The van der Waals surface area contributed by atoms with Gasteiger partial charge in [0.05, 0.1) is 4.47 Å². The minimum absolute atomic E-state index is 0.0884. The van der Waals surface area contributed by atoms with E-state index in [-0.39, 0.29) is 11.7 Å². The minimum atomic E-state index is -0.0884. The van der Waals surface area contributed by atoms with Crippen LogP contribution < -0.4 is 5.32 Å². The minimum Gasteiger partial charge on any atom is -0.336 e. The number of rotatable bonds is 1. The molecule has 0 bridgehead atoms. The first-order valence-corrected chi connectivity index (χ1v) is 8.38. The van der Waals surface area contributed by atoms with Crippen molar-refractivity contribution in [3.05, 3.63) is 22.7 Å². The molecule has 2 fully saturated rings. The Morgan fingerprint density at radius 1 is 1.27 bits per heavy atom. The highest BCUT2D eigenvalue weighted by Gasteiger charge is 2.32. The van der Waals surface area contributed by atoms with Gasteiger partial charge in [0.15, 0.2) is 0 Å². The van der Waals surface area contributed by atoms with Crippen molar-refractivity contribution in [3.8, 4) is 0 Å². The van der Waals surface area contributed by atoms with E-state index < -0.39 is 0 Å². The molecule has 7 nitrogen and oxygen atoms in total. The molecule has 0 unspecified atom stereocenters. The van der Waals surface area contributed by atoms with Gasteiger partial charge in [-0.2, -0.15) is 4.98 Å². The highest BCUT2D eigenvalue weighted by Crippen LogP contribution is 2.27. The van der Waals surface area contributed by atoms with Gasteiger partial charge in [0, 0.05) is 25.5 Å². The summed E-state index contributed by atoms with van der Waals surface area (Å²) in [6.07, 6.45) is 5.52. The summed E-state index contributed by atoms with van der Waals surface area (Å²) in [4.78, 5) is 23.0. The zero-order chi connectivity index (χ0) is 15.1. The summed E-state index contributed by atoms with van der Waals surface area (Å²) < 4.78 is 2.34. The second kappa shape index (κ2) is 5.58. The summed E-state index contributed by atoms with van der Waals surface area (Å²) in [5.41, 5.74) is 0. The van der Waals surface area contributed by atoms with Crippen LogP contribution in [-0.4, -0.2) is 56.6 Å². The fourth-order valence-corrected chi connectivity index (χ4v) is 3.71. The molecule has 2 saturated heterocycles. The van der Waals surface area contributed by atoms with E-state index >= 15 is 0 Å². The zero-order valence-electron chi connectivity index (χ0n) is 12.1. The van der Waals surface area contributed by atoms with Gasteiger partial charge in [0.25, 0.3) is 11.7 Å². The van der Waals surface area contributed by atoms with Gasteiger partial charge < -0.3 is 10.2 Å². The van der Waals surface area contributed by atoms with Crippen LogP contribution in [0.5, 0.6) is 0 Å². The number of fused-ring (bicyclic) bond motifs is 2. The second-order valence-electron chi connectivity index (χ2n) is 6.00. The number of halogens is 1. The SMILES string of the molecule is O=C(c1nc2ncc(Br)cn2n1)N1CC[C@@H]2CNC[C@@H]2CC1. The molecule has 116 valence electrons. The summed E-state index contributed by atoms with van der Waals surface area (Å²) in [6.45, 7) is 3.73. The van der Waals surface area contributed by atoms with Gasteiger partial charge in [0.1, 0.15) is 0 Å². The molecular formula is C14H17BrN6O. The van der Waals surface area contributed by atoms with Crippen molar-refractivity contribution in [2.24, 2.45) is 11.8 Å². The Kier molecular flexibility index (Phi) is 3.57. The first-order chi connectivity index (χ1) is 10.7. The molecule has 2 aliphatic heterocycles. The third kappa shape index (κ3) is 2.50. The highest BCUT2D eigenvalue weighted by molar-refractivity contribution is 9.10. The lowest BCUT2D eigenvalue weighted by Crippen LogP contribution is -2.33. The number of carbonyl (C=O) groups excluding carboxylic acids is 1. The molecule has 2 aromatic rings. The van der Waals surface area contributed by atoms with Gasteiger partial charge in [-0.15, -0.1) is 5.10 Å². The van der Waals surface area contributed by atoms with E-state index in [2.05, 4.69) is 36.3 Å². The van der Waals surface area contributed by atoms with Gasteiger partial charge in [-0.05, 0) is 53.7 Å². The molecular weight excluding hydrogens is 348 g/mol. The van der Waals surface area contributed by atoms with Gasteiger partial charge in [0.2, 0.25) is 5.82 Å². The Morgan fingerprint density at radius 2 is 2.00 bits per heavy atom. The normalized spacial score (nSPS) is 25.2. The van der Waals surface area contributed by atoms with E-state index in [1.807, 2.05) is 4.90 Å². The lowest BCUT2D eigenvalue weighted by Gasteiger charge is -2.18. The van der Waals surface area contributed by atoms with Gasteiger partial charge in [-0.25, -0.2) is 9.50 Å². The summed E-state index contributed by atoms with van der Waals surface area (Å²) >= 11 is 3.34. The van der Waals surface area contributed by atoms with Gasteiger partial charge >= 0.3 is 0 Å². The maximum Gasteiger partial charge on any atom is 0.293 e. The summed E-state index contributed by atoms with van der Waals surface area (Å²) in [6, 6.07) is 0. The van der Waals surface area contributed by atoms with Crippen LogP contribution in [0, 0.1) is 11.8 Å². The Balaban J connectivity index is 1.54. The van der Waals surface area contributed by atoms with E-state index in [0.29, 0.717) is 17.6 Å². The Labute approximate surface area is 136 Å². The quantitative estimate of drug-likeness (QED) is 0.815. The van der Waals surface area contributed by atoms with Crippen LogP contribution in [-0.2, 0) is 0 Å². The van der Waals surface area contributed by atoms with E-state index in [9.17, 15) is 4.79 Å². The Bertz CT molecular complexity index is 702. The van der Waals surface area contributed by atoms with Crippen LogP contribution >= 0.6 is 15.9 Å². The number of aromatic nitrogens is 4. The predicted octanol–water partition coefficient (Wildman–Crippen LogP) is 0.958. The smallest absolute Gasteiger partial charge is 0.293 e. The molecule has 2 aliphatic rings. The van der Waals surface area contributed by atoms with E-state index in [0.717, 1.165) is 43.5 Å². The average molecular weight is 365 g/mol. The van der Waals surface area contributed by atoms with Crippen LogP contribution in [0.1, 0.15) is 23.5 Å². The Hall–Kier alpha value is -1.54. The van der Waals surface area contributed by atoms with Gasteiger partial charge in [-0.1, -0.05) is 0 Å². The third-order valence-electron chi connectivity index (χ3n) is 4.66. The van der Waals surface area contributed by atoms with Crippen LogP contribution in [0.2, 0.25) is 0 Å². The monoisotopic (exact) mass is 364 g/mol. The van der Waals surface area contributed by atoms with E-state index in [1.165, 1.54) is 4.52 Å². The van der Waals surface area contributed by atoms with E-state index in [1.54, 1.807) is 12.4 Å². The number of likely N-dealkylation sites (tertiary alicyclic amines) is 1. The number of carbonyl (C=O) groups is 1. The summed E-state index contributed by atoms with van der Waals surface area (Å²) in [5.74, 6) is 1.99. The fraction of sp³-hybridized carbons (Fsp3) is 0.571. The molecule has 0 spiro atoms. The molecule has 2 atom stereocenters. The second-order valence-corrected chi connectivity index (χ2v) is 6.92. The number of amides is 1. The van der Waals surface area contributed by atoms with Crippen LogP contribution in [0.3, 0.4) is 0 Å². The number of nitrogens with zero attached hydrogens (tertiary/aromatic N) is 5. The molecule has 8 heteroatoms. The topological polar surface area (TPSA) is 75.4 Å². The maximum absolute atomic E-state index is 12.7. The molecule has 22 heavy (non-hydrogen) atoms. The lowest BCUT2D eigenvalue weighted by molar-refractivity contribution is 0.0746. The van der Waals surface area contributed by atoms with Crippen molar-refractivity contribution >= 4 is 27.6 Å². The summed E-state index contributed by atoms with van der Waals surface area (Å²) in [5, 5.41) is 7.71. The van der Waals surface area contributed by atoms with Crippen LogP contribution in [0.4, 0.5) is 0 Å². The van der Waals surface area contributed by atoms with Crippen molar-refractivity contribution in [1.82, 2.24) is 29.8 Å². The molecule has 1 amide bonds. The van der Waals surface area contributed by atoms with Crippen molar-refractivity contribution in [3.63, 3.8) is 0 Å². The molecule has 1 N–H and O–H groups in total. The highest BCUT2D eigenvalue weighted by atomic mass is 79.9. The largest absolute Gasteiger partial charge is 0.336 e. The van der Waals surface area contributed by atoms with E-state index in [4.69, 9.17) is 0 Å². The van der Waals surface area contributed by atoms with Crippen molar-refractivity contribution in [1.29, 1.82) is 0 Å². The number of hydrogen-bond donors (Lipinski definition) is 1. The standard InChI is InChI=1S/C14H17BrN6O/c15-11-7-17-14-18-12(19-21(14)8-11)13(22)20-3-1-9-5-16-6-10(9)2-4-20/h7-10,16H,1-6H2/t9-,10+. The molecule has 4 rings (SSSR count). The number of nitrogens with one attached hydrogen (secondary N) is 1. The predicted molar refractivity (Wildman–Crippen MR) is 83.5 cm³/mol. The molecule has 0 saturated carbocycles. The lowest BCUT2D eigenvalue weighted by atomic mass is 9.92. The zero-order valence-corrected chi connectivity index (χ0v) is 13.7. The molecule has 2 aromatic heterocycles. The first-order valence-electron chi connectivity index (χ1n) is 7.58. The van der Waals surface area contributed by atoms with Crippen molar-refractivity contribution < 1.29 is 4.79 Å². The third-order valence-corrected chi connectivity index (χ3v) is 5.07. The van der Waals surface area contributed by atoms with Gasteiger partial charge in [-0.3, -0.25) is 4.79 Å². The first kappa shape index (κ1) is 14.1. The average Bonchev–Trinajstić information content (AvgIpc) is 3.08.